The van der Waals surface area contributed by atoms with Gasteiger partial charge in [0.2, 0.25) is 0 Å². The van der Waals surface area contributed by atoms with E-state index in [-0.39, 0.29) is 0 Å². The van der Waals surface area contributed by atoms with Crippen LogP contribution in [0.1, 0.15) is 45.2 Å². The summed E-state index contributed by atoms with van der Waals surface area (Å²) in [6.07, 6.45) is 2.34. The molecule has 2 nitrogen and oxygen atoms in total. The Morgan fingerprint density at radius 2 is 1.88 bits per heavy atom. The van der Waals surface area contributed by atoms with Gasteiger partial charge in [0.15, 0.2) is 0 Å². The Bertz CT molecular complexity index is 269. The molecule has 0 radical (unpaired) electrons. The maximum Gasteiger partial charge on any atom is 0.119 e. The van der Waals surface area contributed by atoms with Crippen LogP contribution in [0.25, 0.3) is 0 Å². The predicted molar refractivity (Wildman–Crippen MR) is 71.1 cm³/mol. The van der Waals surface area contributed by atoms with Crippen molar-refractivity contribution in [3.63, 3.8) is 0 Å². The van der Waals surface area contributed by atoms with Gasteiger partial charge in [-0.1, -0.05) is 39.3 Å². The summed E-state index contributed by atoms with van der Waals surface area (Å²) in [7, 11) is 3.67. The molecule has 1 aromatic rings. The highest BCUT2D eigenvalue weighted by atomic mass is 16.5. The fourth-order valence-corrected chi connectivity index (χ4v) is 1.46. The van der Waals surface area contributed by atoms with Crippen LogP contribution in [0.3, 0.4) is 0 Å². The summed E-state index contributed by atoms with van der Waals surface area (Å²) in [5, 5.41) is 3.26. The van der Waals surface area contributed by atoms with Gasteiger partial charge in [-0.05, 0) is 31.2 Å². The minimum atomic E-state index is 0.426. The summed E-state index contributed by atoms with van der Waals surface area (Å²) in [5.74, 6) is 0.922. The summed E-state index contributed by atoms with van der Waals surface area (Å²) in [6, 6.07) is 8.60. The average molecular weight is 223 g/mol. The van der Waals surface area contributed by atoms with Crippen molar-refractivity contribution < 1.29 is 4.74 Å². The number of hydrogen-bond donors (Lipinski definition) is 1. The number of nitrogens with one attached hydrogen (secondary N) is 1. The number of rotatable bonds is 4. The largest absolute Gasteiger partial charge is 0.497 e. The molecule has 0 bridgehead atoms. The third-order valence-electron chi connectivity index (χ3n) is 2.25. The van der Waals surface area contributed by atoms with Crippen LogP contribution < -0.4 is 10.1 Å². The van der Waals surface area contributed by atoms with Crippen LogP contribution in [-0.4, -0.2) is 14.2 Å². The smallest absolute Gasteiger partial charge is 0.119 e. The van der Waals surface area contributed by atoms with Crippen molar-refractivity contribution >= 4 is 0 Å². The maximum absolute atomic E-state index is 5.17. The summed E-state index contributed by atoms with van der Waals surface area (Å²) < 4.78 is 5.17. The molecule has 0 heterocycles. The normalized spacial score (nSPS) is 11.3. The van der Waals surface area contributed by atoms with Gasteiger partial charge in [-0.25, -0.2) is 0 Å². The topological polar surface area (TPSA) is 21.3 Å². The number of methoxy groups -OCH3 is 1. The third kappa shape index (κ3) is 5.17. The van der Waals surface area contributed by atoms with Crippen molar-refractivity contribution in [3.05, 3.63) is 29.8 Å². The van der Waals surface area contributed by atoms with E-state index in [1.54, 1.807) is 7.11 Å². The minimum Gasteiger partial charge on any atom is -0.497 e. The highest BCUT2D eigenvalue weighted by Gasteiger charge is 2.06. The first-order chi connectivity index (χ1) is 7.73. The fraction of sp³-hybridized carbons (Fsp3) is 0.571. The van der Waals surface area contributed by atoms with Gasteiger partial charge in [-0.3, -0.25) is 0 Å². The van der Waals surface area contributed by atoms with Crippen LogP contribution >= 0.6 is 0 Å². The van der Waals surface area contributed by atoms with Crippen LogP contribution in [0.5, 0.6) is 5.75 Å². The summed E-state index contributed by atoms with van der Waals surface area (Å²) >= 11 is 0. The monoisotopic (exact) mass is 223 g/mol. The Morgan fingerprint density at radius 3 is 2.31 bits per heavy atom. The highest BCUT2D eigenvalue weighted by Crippen LogP contribution is 2.20. The van der Waals surface area contributed by atoms with Crippen molar-refractivity contribution in [2.75, 3.05) is 14.2 Å². The van der Waals surface area contributed by atoms with E-state index in [0.29, 0.717) is 6.04 Å². The summed E-state index contributed by atoms with van der Waals surface area (Å²) in [6.45, 7) is 6.42. The fourth-order valence-electron chi connectivity index (χ4n) is 1.46. The van der Waals surface area contributed by atoms with Crippen LogP contribution in [0, 0.1) is 0 Å². The zero-order valence-corrected chi connectivity index (χ0v) is 11.2. The molecule has 92 valence electrons. The molecule has 1 unspecified atom stereocenters. The summed E-state index contributed by atoms with van der Waals surface area (Å²) in [5.41, 5.74) is 1.28. The maximum atomic E-state index is 5.17. The predicted octanol–water partition coefficient (Wildman–Crippen LogP) is 3.78. The zero-order chi connectivity index (χ0) is 12.4. The van der Waals surface area contributed by atoms with Gasteiger partial charge in [0.25, 0.3) is 0 Å². The SMILES string of the molecule is CCC.CCC(NC)c1cccc(OC)c1. The second-order valence-electron chi connectivity index (χ2n) is 3.73. The van der Waals surface area contributed by atoms with Crippen LogP contribution in [0.2, 0.25) is 0 Å². The minimum absolute atomic E-state index is 0.426. The Hall–Kier alpha value is -1.02. The standard InChI is InChI=1S/C11H17NO.C3H8/c1-4-11(12-2)9-6-5-7-10(8-9)13-3;1-3-2/h5-8,11-12H,4H2,1-3H3;3H2,1-2H3. The molecule has 0 amide bonds. The Balaban J connectivity index is 0.000000673. The lowest BCUT2D eigenvalue weighted by Crippen LogP contribution is -2.14. The molecule has 16 heavy (non-hydrogen) atoms. The Labute approximate surface area is 100 Å². The molecule has 1 N–H and O–H groups in total. The molecule has 2 heteroatoms. The lowest BCUT2D eigenvalue weighted by Gasteiger charge is -2.14. The quantitative estimate of drug-likeness (QED) is 0.838. The molecule has 0 aliphatic rings. The van der Waals surface area contributed by atoms with Gasteiger partial charge >= 0.3 is 0 Å². The van der Waals surface area contributed by atoms with E-state index < -0.39 is 0 Å². The molecular formula is C14H25NO. The molecule has 0 spiro atoms. The van der Waals surface area contributed by atoms with Gasteiger partial charge in [0, 0.05) is 6.04 Å². The first kappa shape index (κ1) is 15.0. The molecule has 0 fully saturated rings. The number of benzene rings is 1. The van der Waals surface area contributed by atoms with Crippen molar-refractivity contribution in [2.24, 2.45) is 0 Å². The van der Waals surface area contributed by atoms with Gasteiger partial charge < -0.3 is 10.1 Å². The van der Waals surface area contributed by atoms with Crippen LogP contribution in [0.4, 0.5) is 0 Å². The van der Waals surface area contributed by atoms with Gasteiger partial charge in [0.1, 0.15) is 5.75 Å². The zero-order valence-electron chi connectivity index (χ0n) is 11.2. The van der Waals surface area contributed by atoms with E-state index in [4.69, 9.17) is 4.74 Å². The molecular weight excluding hydrogens is 198 g/mol. The highest BCUT2D eigenvalue weighted by molar-refractivity contribution is 5.30. The molecule has 1 rings (SSSR count). The van der Waals surface area contributed by atoms with E-state index in [2.05, 4.69) is 38.2 Å². The first-order valence-corrected chi connectivity index (χ1v) is 6.04. The average Bonchev–Trinajstić information content (AvgIpc) is 2.32. The second kappa shape index (κ2) is 9.22. The van der Waals surface area contributed by atoms with Crippen LogP contribution in [-0.2, 0) is 0 Å². The molecule has 0 aliphatic heterocycles. The Morgan fingerprint density at radius 1 is 1.25 bits per heavy atom. The van der Waals surface area contributed by atoms with Crippen molar-refractivity contribution in [1.82, 2.24) is 5.32 Å². The molecule has 0 aliphatic carbocycles. The van der Waals surface area contributed by atoms with Crippen molar-refractivity contribution in [2.45, 2.75) is 39.7 Å². The number of hydrogen-bond acceptors (Lipinski definition) is 2. The molecule has 0 saturated carbocycles. The molecule has 0 saturated heterocycles. The molecule has 0 aromatic heterocycles. The molecule has 1 aromatic carbocycles. The van der Waals surface area contributed by atoms with Gasteiger partial charge in [-0.15, -0.1) is 0 Å². The lowest BCUT2D eigenvalue weighted by atomic mass is 10.0. The van der Waals surface area contributed by atoms with E-state index >= 15 is 0 Å². The van der Waals surface area contributed by atoms with Gasteiger partial charge in [0.05, 0.1) is 7.11 Å². The Kier molecular flexibility index (Phi) is 8.64. The van der Waals surface area contributed by atoms with E-state index in [0.717, 1.165) is 12.2 Å². The summed E-state index contributed by atoms with van der Waals surface area (Å²) in [4.78, 5) is 0. The first-order valence-electron chi connectivity index (χ1n) is 6.04. The second-order valence-corrected chi connectivity index (χ2v) is 3.73. The van der Waals surface area contributed by atoms with Crippen molar-refractivity contribution in [1.29, 1.82) is 0 Å². The number of ether oxygens (including phenoxy) is 1. The molecule has 1 atom stereocenters. The van der Waals surface area contributed by atoms with E-state index in [9.17, 15) is 0 Å². The van der Waals surface area contributed by atoms with Gasteiger partial charge in [-0.2, -0.15) is 0 Å². The van der Waals surface area contributed by atoms with E-state index in [1.807, 2.05) is 19.2 Å². The van der Waals surface area contributed by atoms with Crippen LogP contribution in [0.15, 0.2) is 24.3 Å². The van der Waals surface area contributed by atoms with Crippen molar-refractivity contribution in [3.8, 4) is 5.75 Å². The van der Waals surface area contributed by atoms with E-state index in [1.165, 1.54) is 12.0 Å². The lowest BCUT2D eigenvalue weighted by molar-refractivity contribution is 0.413. The third-order valence-corrected chi connectivity index (χ3v) is 2.25.